The number of para-hydroxylation sites is 1. The normalized spacial score (nSPS) is 11.3. The van der Waals surface area contributed by atoms with Gasteiger partial charge in [-0.2, -0.15) is 0 Å². The van der Waals surface area contributed by atoms with E-state index in [0.29, 0.717) is 0 Å². The molecule has 4 aromatic carbocycles. The number of hydrogen-bond acceptors (Lipinski definition) is 2. The number of pyridine rings is 2. The molecule has 3 nitrogen and oxygen atoms in total. The van der Waals surface area contributed by atoms with Crippen molar-refractivity contribution in [3.63, 3.8) is 0 Å². The van der Waals surface area contributed by atoms with Gasteiger partial charge in [0.2, 0.25) is 0 Å². The molecule has 0 aliphatic heterocycles. The first-order valence-corrected chi connectivity index (χ1v) is 12.6. The molecule has 4 heteroatoms. The molecular formula is C34H22BN3. The topological polar surface area (TPSA) is 30.7 Å². The van der Waals surface area contributed by atoms with Crippen molar-refractivity contribution in [1.29, 1.82) is 0 Å². The molecule has 176 valence electrons. The molecule has 0 saturated heterocycles. The van der Waals surface area contributed by atoms with Crippen LogP contribution in [-0.2, 0) is 0 Å². The van der Waals surface area contributed by atoms with Crippen molar-refractivity contribution in [3.8, 4) is 39.3 Å². The van der Waals surface area contributed by atoms with E-state index >= 15 is 0 Å². The lowest BCUT2D eigenvalue weighted by Gasteiger charge is -2.13. The fourth-order valence-electron chi connectivity index (χ4n) is 5.31. The Labute approximate surface area is 222 Å². The molecule has 7 aromatic rings. The lowest BCUT2D eigenvalue weighted by atomic mass is 9.91. The zero-order chi connectivity index (χ0) is 25.5. The fraction of sp³-hybridized carbons (Fsp3) is 0. The molecule has 2 radical (unpaired) electrons. The number of fused-ring (bicyclic) bond motifs is 3. The molecular weight excluding hydrogens is 461 g/mol. The third-order valence-corrected chi connectivity index (χ3v) is 7.02. The van der Waals surface area contributed by atoms with Gasteiger partial charge in [0.25, 0.3) is 0 Å². The van der Waals surface area contributed by atoms with Gasteiger partial charge in [0.1, 0.15) is 7.85 Å². The minimum absolute atomic E-state index is 0.789. The first-order chi connectivity index (χ1) is 18.8. The molecule has 38 heavy (non-hydrogen) atoms. The summed E-state index contributed by atoms with van der Waals surface area (Å²) >= 11 is 0. The van der Waals surface area contributed by atoms with Gasteiger partial charge in [-0.15, -0.1) is 0 Å². The van der Waals surface area contributed by atoms with Crippen molar-refractivity contribution in [2.24, 2.45) is 0 Å². The van der Waals surface area contributed by atoms with Crippen LogP contribution >= 0.6 is 0 Å². The summed E-state index contributed by atoms with van der Waals surface area (Å²) in [4.78, 5) is 9.23. The van der Waals surface area contributed by atoms with Crippen LogP contribution in [0.25, 0.3) is 61.1 Å². The van der Waals surface area contributed by atoms with E-state index in [-0.39, 0.29) is 0 Å². The van der Waals surface area contributed by atoms with Crippen molar-refractivity contribution in [1.82, 2.24) is 14.5 Å². The molecule has 0 amide bonds. The summed E-state index contributed by atoms with van der Waals surface area (Å²) < 4.78 is 2.30. The van der Waals surface area contributed by atoms with Gasteiger partial charge in [-0.3, -0.25) is 9.97 Å². The van der Waals surface area contributed by atoms with Crippen LogP contribution < -0.4 is 5.46 Å². The smallest absolute Gasteiger partial charge is 0.114 e. The molecule has 0 saturated carbocycles. The third kappa shape index (κ3) is 3.79. The van der Waals surface area contributed by atoms with Crippen LogP contribution in [0.5, 0.6) is 0 Å². The SMILES string of the molecule is [B]c1cccc2c1c1ccccc1n2-c1cccc(-c2cc(-c3ccccn3)cc(-c3ccccn3)c2)c1. The van der Waals surface area contributed by atoms with Gasteiger partial charge >= 0.3 is 0 Å². The summed E-state index contributed by atoms with van der Waals surface area (Å²) in [7, 11) is 6.45. The average molecular weight is 483 g/mol. The van der Waals surface area contributed by atoms with Crippen molar-refractivity contribution >= 4 is 35.1 Å². The molecule has 0 N–H and O–H groups in total. The number of hydrogen-bond donors (Lipinski definition) is 0. The maximum absolute atomic E-state index is 6.45. The molecule has 0 fully saturated rings. The summed E-state index contributed by atoms with van der Waals surface area (Å²) in [6, 6.07) is 41.8. The number of nitrogens with zero attached hydrogens (tertiary/aromatic N) is 3. The summed E-state index contributed by atoms with van der Waals surface area (Å²) in [6.07, 6.45) is 3.66. The number of benzene rings is 4. The van der Waals surface area contributed by atoms with Gasteiger partial charge in [0.15, 0.2) is 0 Å². The molecule has 0 aliphatic carbocycles. The molecule has 0 bridgehead atoms. The second-order valence-corrected chi connectivity index (χ2v) is 9.37. The standard InChI is InChI=1S/C34H22BN3/c35-29-12-8-16-33-34(29)28-11-1-2-15-32(28)38(33)27-10-7-9-23(22-27)24-19-25(30-13-3-5-17-36-30)21-26(20-24)31-14-4-6-18-37-31/h1-22H. The molecule has 0 unspecified atom stereocenters. The van der Waals surface area contributed by atoms with Crippen molar-refractivity contribution < 1.29 is 0 Å². The zero-order valence-corrected chi connectivity index (χ0v) is 20.6. The van der Waals surface area contributed by atoms with Crippen LogP contribution in [0.15, 0.2) is 134 Å². The monoisotopic (exact) mass is 483 g/mol. The molecule has 0 spiro atoms. The average Bonchev–Trinajstić information content (AvgIpc) is 3.33. The Morgan fingerprint density at radius 2 is 1.13 bits per heavy atom. The molecule has 0 atom stereocenters. The minimum atomic E-state index is 0.789. The van der Waals surface area contributed by atoms with Crippen molar-refractivity contribution in [3.05, 3.63) is 134 Å². The van der Waals surface area contributed by atoms with Gasteiger partial charge in [-0.1, -0.05) is 60.1 Å². The Hall–Kier alpha value is -4.96. The van der Waals surface area contributed by atoms with Gasteiger partial charge in [-0.05, 0) is 77.9 Å². The van der Waals surface area contributed by atoms with Crippen LogP contribution in [0.4, 0.5) is 0 Å². The maximum atomic E-state index is 6.45. The minimum Gasteiger partial charge on any atom is -0.309 e. The van der Waals surface area contributed by atoms with E-state index in [1.165, 1.54) is 0 Å². The molecule has 3 aromatic heterocycles. The van der Waals surface area contributed by atoms with E-state index in [2.05, 4.69) is 87.3 Å². The Morgan fingerprint density at radius 1 is 0.500 bits per heavy atom. The van der Waals surface area contributed by atoms with Gasteiger partial charge in [0, 0.05) is 40.0 Å². The Balaban J connectivity index is 1.44. The predicted octanol–water partition coefficient (Wildman–Crippen LogP) is 7.37. The second kappa shape index (κ2) is 9.17. The lowest BCUT2D eigenvalue weighted by Crippen LogP contribution is -2.02. The highest BCUT2D eigenvalue weighted by Crippen LogP contribution is 2.35. The summed E-state index contributed by atoms with van der Waals surface area (Å²) in [6.45, 7) is 0. The fourth-order valence-corrected chi connectivity index (χ4v) is 5.31. The molecule has 3 heterocycles. The summed E-state index contributed by atoms with van der Waals surface area (Å²) in [5, 5.41) is 2.24. The van der Waals surface area contributed by atoms with Crippen LogP contribution in [0, 0.1) is 0 Å². The Bertz CT molecular complexity index is 1870. The van der Waals surface area contributed by atoms with Gasteiger partial charge in [-0.25, -0.2) is 0 Å². The van der Waals surface area contributed by atoms with E-state index in [4.69, 9.17) is 7.85 Å². The number of aromatic nitrogens is 3. The van der Waals surface area contributed by atoms with Crippen LogP contribution in [0.2, 0.25) is 0 Å². The quantitative estimate of drug-likeness (QED) is 0.245. The zero-order valence-electron chi connectivity index (χ0n) is 20.6. The van der Waals surface area contributed by atoms with Crippen LogP contribution in [-0.4, -0.2) is 22.4 Å². The second-order valence-electron chi connectivity index (χ2n) is 9.37. The van der Waals surface area contributed by atoms with E-state index in [1.807, 2.05) is 60.9 Å². The first-order valence-electron chi connectivity index (χ1n) is 12.6. The van der Waals surface area contributed by atoms with E-state index in [0.717, 1.165) is 66.6 Å². The van der Waals surface area contributed by atoms with E-state index < -0.39 is 0 Å². The lowest BCUT2D eigenvalue weighted by molar-refractivity contribution is 1.18. The summed E-state index contributed by atoms with van der Waals surface area (Å²) in [5.41, 5.74) is 10.3. The largest absolute Gasteiger partial charge is 0.309 e. The highest BCUT2D eigenvalue weighted by Gasteiger charge is 2.14. The van der Waals surface area contributed by atoms with Crippen LogP contribution in [0.3, 0.4) is 0 Å². The Morgan fingerprint density at radius 3 is 1.84 bits per heavy atom. The molecule has 0 aliphatic rings. The number of rotatable bonds is 4. The van der Waals surface area contributed by atoms with Crippen LogP contribution in [0.1, 0.15) is 0 Å². The van der Waals surface area contributed by atoms with E-state index in [9.17, 15) is 0 Å². The third-order valence-electron chi connectivity index (χ3n) is 7.02. The summed E-state index contributed by atoms with van der Waals surface area (Å²) in [5.74, 6) is 0. The van der Waals surface area contributed by atoms with Crippen molar-refractivity contribution in [2.45, 2.75) is 0 Å². The molecule has 7 rings (SSSR count). The van der Waals surface area contributed by atoms with Gasteiger partial charge < -0.3 is 4.57 Å². The predicted molar refractivity (Wildman–Crippen MR) is 158 cm³/mol. The maximum Gasteiger partial charge on any atom is 0.114 e. The highest BCUT2D eigenvalue weighted by molar-refractivity contribution is 6.41. The Kier molecular flexibility index (Phi) is 5.37. The highest BCUT2D eigenvalue weighted by atomic mass is 15.0. The van der Waals surface area contributed by atoms with Gasteiger partial charge in [0.05, 0.1) is 22.4 Å². The van der Waals surface area contributed by atoms with E-state index in [1.54, 1.807) is 0 Å². The van der Waals surface area contributed by atoms with Crippen molar-refractivity contribution in [2.75, 3.05) is 0 Å². The first kappa shape index (κ1) is 22.3.